The number of hydrogen-bond acceptors (Lipinski definition) is 6. The van der Waals surface area contributed by atoms with Crippen molar-refractivity contribution in [3.05, 3.63) is 35.9 Å². The van der Waals surface area contributed by atoms with Crippen molar-refractivity contribution < 1.29 is 28.6 Å². The summed E-state index contributed by atoms with van der Waals surface area (Å²) in [6.07, 6.45) is 0.506. The van der Waals surface area contributed by atoms with Gasteiger partial charge in [-0.05, 0) is 12.0 Å². The molecule has 0 aliphatic carbocycles. The van der Waals surface area contributed by atoms with Crippen LogP contribution in [-0.4, -0.2) is 37.8 Å². The fourth-order valence-electron chi connectivity index (χ4n) is 1.80. The predicted octanol–water partition coefficient (Wildman–Crippen LogP) is 2.19. The van der Waals surface area contributed by atoms with Gasteiger partial charge in [-0.3, -0.25) is 4.79 Å². The lowest BCUT2D eigenvalue weighted by Crippen LogP contribution is -2.43. The number of esters is 2. The number of hydrogen-bond donors (Lipinski definition) is 1. The third kappa shape index (κ3) is 7.62. The summed E-state index contributed by atoms with van der Waals surface area (Å²) >= 11 is 0. The van der Waals surface area contributed by atoms with Crippen molar-refractivity contribution in [2.75, 3.05) is 13.7 Å². The molecule has 7 nitrogen and oxygen atoms in total. The molecule has 24 heavy (non-hydrogen) atoms. The fourth-order valence-corrected chi connectivity index (χ4v) is 1.80. The number of nitrogens with one attached hydrogen (secondary N) is 1. The summed E-state index contributed by atoms with van der Waals surface area (Å²) in [4.78, 5) is 35.2. The van der Waals surface area contributed by atoms with E-state index >= 15 is 0 Å². The summed E-state index contributed by atoms with van der Waals surface area (Å²) in [7, 11) is 1.18. The van der Waals surface area contributed by atoms with Gasteiger partial charge in [0.25, 0.3) is 0 Å². The SMILES string of the molecule is CCCCOC(=O)C[C@H](NC(=O)OCc1ccccc1)C(=O)OC. The van der Waals surface area contributed by atoms with Crippen LogP contribution in [0.5, 0.6) is 0 Å². The van der Waals surface area contributed by atoms with Gasteiger partial charge in [-0.25, -0.2) is 9.59 Å². The van der Waals surface area contributed by atoms with Crippen molar-refractivity contribution in [1.82, 2.24) is 5.32 Å². The van der Waals surface area contributed by atoms with E-state index in [0.717, 1.165) is 18.4 Å². The average molecular weight is 337 g/mol. The van der Waals surface area contributed by atoms with E-state index in [1.807, 2.05) is 25.1 Å². The molecule has 0 aliphatic rings. The molecule has 0 aliphatic heterocycles. The lowest BCUT2D eigenvalue weighted by Gasteiger charge is -2.16. The van der Waals surface area contributed by atoms with Crippen molar-refractivity contribution in [3.63, 3.8) is 0 Å². The molecule has 1 atom stereocenters. The van der Waals surface area contributed by atoms with Crippen molar-refractivity contribution in [1.29, 1.82) is 0 Å². The summed E-state index contributed by atoms with van der Waals surface area (Å²) in [5.41, 5.74) is 0.807. The Kier molecular flexibility index (Phi) is 8.96. The van der Waals surface area contributed by atoms with E-state index in [1.54, 1.807) is 12.1 Å². The van der Waals surface area contributed by atoms with E-state index in [0.29, 0.717) is 0 Å². The van der Waals surface area contributed by atoms with Crippen LogP contribution in [0, 0.1) is 0 Å². The van der Waals surface area contributed by atoms with Gasteiger partial charge in [0.05, 0.1) is 20.1 Å². The Morgan fingerprint density at radius 2 is 1.83 bits per heavy atom. The summed E-state index contributed by atoms with van der Waals surface area (Å²) in [5, 5.41) is 2.32. The second kappa shape index (κ2) is 11.0. The first-order chi connectivity index (χ1) is 11.6. The van der Waals surface area contributed by atoms with Gasteiger partial charge in [-0.2, -0.15) is 0 Å². The smallest absolute Gasteiger partial charge is 0.408 e. The van der Waals surface area contributed by atoms with Crippen molar-refractivity contribution in [2.24, 2.45) is 0 Å². The Hall–Kier alpha value is -2.57. The van der Waals surface area contributed by atoms with Crippen molar-refractivity contribution in [2.45, 2.75) is 38.8 Å². The molecule has 132 valence electrons. The Balaban J connectivity index is 2.47. The molecule has 1 rings (SSSR count). The fraction of sp³-hybridized carbons (Fsp3) is 0.471. The zero-order valence-corrected chi connectivity index (χ0v) is 13.9. The van der Waals surface area contributed by atoms with E-state index in [2.05, 4.69) is 10.1 Å². The monoisotopic (exact) mass is 337 g/mol. The van der Waals surface area contributed by atoms with Crippen LogP contribution in [0.2, 0.25) is 0 Å². The number of rotatable bonds is 9. The van der Waals surface area contributed by atoms with Gasteiger partial charge >= 0.3 is 18.0 Å². The Morgan fingerprint density at radius 1 is 1.12 bits per heavy atom. The number of benzene rings is 1. The predicted molar refractivity (Wildman–Crippen MR) is 86.1 cm³/mol. The standard InChI is InChI=1S/C17H23NO6/c1-3-4-10-23-15(19)11-14(16(20)22-2)18-17(21)24-12-13-8-6-5-7-9-13/h5-9,14H,3-4,10-12H2,1-2H3,(H,18,21)/t14-/m0/s1. The van der Waals surface area contributed by atoms with Crippen LogP contribution in [0.25, 0.3) is 0 Å². The van der Waals surface area contributed by atoms with E-state index in [4.69, 9.17) is 9.47 Å². The molecule has 1 N–H and O–H groups in total. The Labute approximate surface area is 141 Å². The maximum atomic E-state index is 11.8. The molecule has 0 saturated heterocycles. The molecular formula is C17H23NO6. The number of methoxy groups -OCH3 is 1. The largest absolute Gasteiger partial charge is 0.467 e. The number of ether oxygens (including phenoxy) is 3. The van der Waals surface area contributed by atoms with Crippen LogP contribution in [0.1, 0.15) is 31.7 Å². The third-order valence-corrected chi connectivity index (χ3v) is 3.12. The van der Waals surface area contributed by atoms with Crippen LogP contribution in [0.4, 0.5) is 4.79 Å². The summed E-state index contributed by atoms with van der Waals surface area (Å²) < 4.78 is 14.6. The van der Waals surface area contributed by atoms with E-state index < -0.39 is 24.1 Å². The molecule has 0 unspecified atom stereocenters. The maximum Gasteiger partial charge on any atom is 0.408 e. The normalized spacial score (nSPS) is 11.2. The number of amides is 1. The van der Waals surface area contributed by atoms with Crippen LogP contribution in [-0.2, 0) is 30.4 Å². The molecule has 1 aromatic rings. The van der Waals surface area contributed by atoms with Gasteiger partial charge in [0.2, 0.25) is 0 Å². The number of unbranched alkanes of at least 4 members (excludes halogenated alkanes) is 1. The Bertz CT molecular complexity index is 531. The molecule has 0 heterocycles. The zero-order valence-electron chi connectivity index (χ0n) is 13.9. The summed E-state index contributed by atoms with van der Waals surface area (Å²) in [6, 6.07) is 7.95. The summed E-state index contributed by atoms with van der Waals surface area (Å²) in [5.74, 6) is -1.32. The van der Waals surface area contributed by atoms with Crippen LogP contribution in [0.3, 0.4) is 0 Å². The molecule has 0 bridgehead atoms. The van der Waals surface area contributed by atoms with Crippen LogP contribution < -0.4 is 5.32 Å². The zero-order chi connectivity index (χ0) is 17.8. The highest BCUT2D eigenvalue weighted by Crippen LogP contribution is 2.03. The highest BCUT2D eigenvalue weighted by Gasteiger charge is 2.26. The first kappa shape index (κ1) is 19.5. The van der Waals surface area contributed by atoms with E-state index in [9.17, 15) is 14.4 Å². The molecule has 0 aromatic heterocycles. The second-order valence-corrected chi connectivity index (χ2v) is 5.06. The van der Waals surface area contributed by atoms with Gasteiger partial charge < -0.3 is 19.5 Å². The quantitative estimate of drug-likeness (QED) is 0.422. The van der Waals surface area contributed by atoms with Crippen LogP contribution >= 0.6 is 0 Å². The molecule has 7 heteroatoms. The number of carbonyl (C=O) groups is 3. The first-order valence-electron chi connectivity index (χ1n) is 7.77. The minimum atomic E-state index is -1.15. The van der Waals surface area contributed by atoms with Crippen molar-refractivity contribution in [3.8, 4) is 0 Å². The minimum Gasteiger partial charge on any atom is -0.467 e. The topological polar surface area (TPSA) is 90.9 Å². The highest BCUT2D eigenvalue weighted by molar-refractivity contribution is 5.86. The van der Waals surface area contributed by atoms with Gasteiger partial charge in [0.1, 0.15) is 12.6 Å². The average Bonchev–Trinajstić information content (AvgIpc) is 2.60. The number of carbonyl (C=O) groups excluding carboxylic acids is 3. The van der Waals surface area contributed by atoms with Gasteiger partial charge in [0, 0.05) is 0 Å². The molecule has 1 amide bonds. The lowest BCUT2D eigenvalue weighted by atomic mass is 10.2. The van der Waals surface area contributed by atoms with Gasteiger partial charge in [0.15, 0.2) is 0 Å². The second-order valence-electron chi connectivity index (χ2n) is 5.06. The van der Waals surface area contributed by atoms with E-state index in [-0.39, 0.29) is 19.6 Å². The molecular weight excluding hydrogens is 314 g/mol. The molecule has 0 saturated carbocycles. The Morgan fingerprint density at radius 3 is 2.46 bits per heavy atom. The van der Waals surface area contributed by atoms with Crippen molar-refractivity contribution >= 4 is 18.0 Å². The number of alkyl carbamates (subject to hydrolysis) is 1. The lowest BCUT2D eigenvalue weighted by molar-refractivity contribution is -0.151. The van der Waals surface area contributed by atoms with Gasteiger partial charge in [-0.15, -0.1) is 0 Å². The van der Waals surface area contributed by atoms with Gasteiger partial charge in [-0.1, -0.05) is 43.7 Å². The van der Waals surface area contributed by atoms with E-state index in [1.165, 1.54) is 7.11 Å². The minimum absolute atomic E-state index is 0.0571. The molecule has 0 fully saturated rings. The maximum absolute atomic E-state index is 11.8. The van der Waals surface area contributed by atoms with Crippen LogP contribution in [0.15, 0.2) is 30.3 Å². The highest BCUT2D eigenvalue weighted by atomic mass is 16.6. The summed E-state index contributed by atoms with van der Waals surface area (Å²) in [6.45, 7) is 2.30. The first-order valence-corrected chi connectivity index (χ1v) is 7.77. The molecule has 0 radical (unpaired) electrons. The molecule has 0 spiro atoms. The molecule has 1 aromatic carbocycles. The third-order valence-electron chi connectivity index (χ3n) is 3.12.